The van der Waals surface area contributed by atoms with E-state index in [-0.39, 0.29) is 48.7 Å². The number of ketones is 2. The predicted octanol–water partition coefficient (Wildman–Crippen LogP) is 5.61. The molecule has 0 radical (unpaired) electrons. The Labute approximate surface area is 260 Å². The van der Waals surface area contributed by atoms with Crippen LogP contribution < -0.4 is 21.2 Å². The molecule has 244 valence electrons. The number of nitrogens with one attached hydrogen (secondary N) is 2. The summed E-state index contributed by atoms with van der Waals surface area (Å²) < 4.78 is 15.5. The summed E-state index contributed by atoms with van der Waals surface area (Å²) in [5.74, 6) is -0.444. The second kappa shape index (κ2) is 19.6. The fraction of sp³-hybridized carbons (Fsp3) is 0.618. The SMILES string of the molecule is CCCCCC(=O)NC(Cc1ccc(OCc2oc(=O)oc2C)cc1)C(=O)CC(C(=O)NCCCCCC(C)=O)C(C)CC. The maximum Gasteiger partial charge on any atom is 0.519 e. The van der Waals surface area contributed by atoms with Gasteiger partial charge in [-0.2, -0.15) is 0 Å². The molecule has 1 aromatic carbocycles. The second-order valence-corrected chi connectivity index (χ2v) is 11.6. The third-order valence-corrected chi connectivity index (χ3v) is 7.89. The van der Waals surface area contributed by atoms with E-state index in [2.05, 4.69) is 17.6 Å². The van der Waals surface area contributed by atoms with Gasteiger partial charge in [0.2, 0.25) is 11.8 Å². The van der Waals surface area contributed by atoms with Crippen molar-refractivity contribution in [3.63, 3.8) is 0 Å². The molecule has 2 aromatic rings. The van der Waals surface area contributed by atoms with E-state index in [9.17, 15) is 24.0 Å². The summed E-state index contributed by atoms with van der Waals surface area (Å²) in [7, 11) is 0. The average Bonchev–Trinajstić information content (AvgIpc) is 3.32. The Morgan fingerprint density at radius 2 is 1.64 bits per heavy atom. The van der Waals surface area contributed by atoms with Gasteiger partial charge in [0, 0.05) is 31.7 Å². The zero-order valence-corrected chi connectivity index (χ0v) is 27.0. The molecule has 0 saturated carbocycles. The van der Waals surface area contributed by atoms with Crippen molar-refractivity contribution in [2.24, 2.45) is 11.8 Å². The molecule has 2 N–H and O–H groups in total. The van der Waals surface area contributed by atoms with Gasteiger partial charge < -0.3 is 29.0 Å². The van der Waals surface area contributed by atoms with Crippen LogP contribution in [0.2, 0.25) is 0 Å². The fourth-order valence-corrected chi connectivity index (χ4v) is 4.87. The first-order valence-corrected chi connectivity index (χ1v) is 15.9. The van der Waals surface area contributed by atoms with E-state index in [4.69, 9.17) is 13.6 Å². The number of amides is 2. The summed E-state index contributed by atoms with van der Waals surface area (Å²) in [6.45, 7) is 9.75. The molecule has 0 aliphatic carbocycles. The quantitative estimate of drug-likeness (QED) is 0.163. The van der Waals surface area contributed by atoms with Crippen molar-refractivity contribution in [1.29, 1.82) is 0 Å². The molecule has 3 atom stereocenters. The second-order valence-electron chi connectivity index (χ2n) is 11.6. The Morgan fingerprint density at radius 3 is 2.25 bits per heavy atom. The average molecular weight is 615 g/mol. The molecule has 3 unspecified atom stereocenters. The minimum absolute atomic E-state index is 0.0164. The van der Waals surface area contributed by atoms with E-state index in [0.717, 1.165) is 50.5 Å². The fourth-order valence-electron chi connectivity index (χ4n) is 4.87. The van der Waals surface area contributed by atoms with E-state index in [1.165, 1.54) is 0 Å². The Kier molecular flexibility index (Phi) is 16.2. The third-order valence-electron chi connectivity index (χ3n) is 7.89. The number of carbonyl (C=O) groups excluding carboxylic acids is 4. The molecule has 0 bridgehead atoms. The van der Waals surface area contributed by atoms with Crippen LogP contribution in [0.25, 0.3) is 0 Å². The lowest BCUT2D eigenvalue weighted by atomic mass is 9.84. The highest BCUT2D eigenvalue weighted by molar-refractivity contribution is 5.92. The molecule has 44 heavy (non-hydrogen) atoms. The highest BCUT2D eigenvalue weighted by Crippen LogP contribution is 2.22. The lowest BCUT2D eigenvalue weighted by Crippen LogP contribution is -2.45. The van der Waals surface area contributed by atoms with Crippen LogP contribution in [0.1, 0.15) is 109 Å². The maximum absolute atomic E-state index is 13.7. The van der Waals surface area contributed by atoms with E-state index in [0.29, 0.717) is 36.7 Å². The van der Waals surface area contributed by atoms with Crippen LogP contribution in [0.3, 0.4) is 0 Å². The minimum atomic E-state index is -0.780. The van der Waals surface area contributed by atoms with E-state index < -0.39 is 17.8 Å². The lowest BCUT2D eigenvalue weighted by Gasteiger charge is -2.25. The van der Waals surface area contributed by atoms with Crippen LogP contribution in [0, 0.1) is 18.8 Å². The van der Waals surface area contributed by atoms with Crippen molar-refractivity contribution >= 4 is 23.4 Å². The number of hydrogen-bond acceptors (Lipinski definition) is 8. The maximum atomic E-state index is 13.7. The first kappa shape index (κ1) is 36.5. The van der Waals surface area contributed by atoms with Crippen molar-refractivity contribution in [3.05, 3.63) is 52.0 Å². The van der Waals surface area contributed by atoms with Gasteiger partial charge in [0.05, 0.1) is 6.04 Å². The predicted molar refractivity (Wildman–Crippen MR) is 167 cm³/mol. The van der Waals surface area contributed by atoms with Crippen LogP contribution in [-0.2, 0) is 32.2 Å². The van der Waals surface area contributed by atoms with Crippen molar-refractivity contribution in [1.82, 2.24) is 10.6 Å². The number of unbranched alkanes of at least 4 members (excludes halogenated alkanes) is 4. The molecule has 2 rings (SSSR count). The van der Waals surface area contributed by atoms with E-state index >= 15 is 0 Å². The zero-order chi connectivity index (χ0) is 32.5. The monoisotopic (exact) mass is 614 g/mol. The van der Waals surface area contributed by atoms with Gasteiger partial charge in [-0.15, -0.1) is 0 Å². The lowest BCUT2D eigenvalue weighted by molar-refractivity contribution is -0.133. The number of carbonyl (C=O) groups is 4. The first-order chi connectivity index (χ1) is 21.0. The molecule has 0 fully saturated rings. The molecular formula is C34H50N2O8. The summed E-state index contributed by atoms with van der Waals surface area (Å²) in [6.07, 6.45) is 7.01. The van der Waals surface area contributed by atoms with Crippen LogP contribution in [0.5, 0.6) is 5.75 Å². The normalized spacial score (nSPS) is 13.1. The van der Waals surface area contributed by atoms with Gasteiger partial charge in [0.25, 0.3) is 0 Å². The standard InChI is InChI=1S/C34H50N2O8/c1-6-8-10-14-32(39)36-29(20-26-15-17-27(18-16-26)42-22-31-25(5)43-34(41)44-31)30(38)21-28(23(3)7-2)33(40)35-19-12-9-11-13-24(4)37/h15-18,23,28-29H,6-14,19-22H2,1-5H3,(H,35,40)(H,36,39). The van der Waals surface area contributed by atoms with E-state index in [1.54, 1.807) is 26.0 Å². The minimum Gasteiger partial charge on any atom is -0.486 e. The Balaban J connectivity index is 2.08. The largest absolute Gasteiger partial charge is 0.519 e. The highest BCUT2D eigenvalue weighted by atomic mass is 16.6. The van der Waals surface area contributed by atoms with Crippen molar-refractivity contribution in [2.45, 2.75) is 118 Å². The smallest absolute Gasteiger partial charge is 0.486 e. The van der Waals surface area contributed by atoms with Crippen molar-refractivity contribution < 1.29 is 32.7 Å². The van der Waals surface area contributed by atoms with Crippen LogP contribution in [-0.4, -0.2) is 36.0 Å². The molecule has 0 aliphatic heterocycles. The number of hydrogen-bond donors (Lipinski definition) is 2. The highest BCUT2D eigenvalue weighted by Gasteiger charge is 2.30. The number of aryl methyl sites for hydroxylation is 1. The van der Waals surface area contributed by atoms with E-state index in [1.807, 2.05) is 26.0 Å². The summed E-state index contributed by atoms with van der Waals surface area (Å²) in [6, 6.07) is 6.37. The Hall–Kier alpha value is -3.69. The summed E-state index contributed by atoms with van der Waals surface area (Å²) in [4.78, 5) is 62.0. The zero-order valence-electron chi connectivity index (χ0n) is 27.0. The molecule has 1 aromatic heterocycles. The summed E-state index contributed by atoms with van der Waals surface area (Å²) >= 11 is 0. The topological polar surface area (TPSA) is 145 Å². The van der Waals surface area contributed by atoms with Crippen LogP contribution in [0.15, 0.2) is 37.9 Å². The van der Waals surface area contributed by atoms with Crippen molar-refractivity contribution in [2.75, 3.05) is 6.54 Å². The summed E-state index contributed by atoms with van der Waals surface area (Å²) in [5.41, 5.74) is 0.825. The molecule has 0 saturated heterocycles. The van der Waals surface area contributed by atoms with Gasteiger partial charge in [-0.25, -0.2) is 4.79 Å². The molecule has 2 amide bonds. The van der Waals surface area contributed by atoms with Crippen LogP contribution >= 0.6 is 0 Å². The van der Waals surface area contributed by atoms with Gasteiger partial charge in [-0.05, 0) is 63.1 Å². The van der Waals surface area contributed by atoms with Gasteiger partial charge >= 0.3 is 5.82 Å². The van der Waals surface area contributed by atoms with Gasteiger partial charge in [-0.3, -0.25) is 14.4 Å². The van der Waals surface area contributed by atoms with Gasteiger partial charge in [-0.1, -0.05) is 58.6 Å². The number of ether oxygens (including phenoxy) is 1. The van der Waals surface area contributed by atoms with Crippen LogP contribution in [0.4, 0.5) is 0 Å². The summed E-state index contributed by atoms with van der Waals surface area (Å²) in [5, 5.41) is 5.92. The molecule has 0 aliphatic rings. The molecular weight excluding hydrogens is 564 g/mol. The Morgan fingerprint density at radius 1 is 0.932 bits per heavy atom. The van der Waals surface area contributed by atoms with Crippen molar-refractivity contribution in [3.8, 4) is 5.75 Å². The number of benzene rings is 1. The molecule has 10 heteroatoms. The molecule has 1 heterocycles. The molecule has 10 nitrogen and oxygen atoms in total. The number of rotatable bonds is 22. The third kappa shape index (κ3) is 13.3. The van der Waals surface area contributed by atoms with Gasteiger partial charge in [0.1, 0.15) is 18.1 Å². The number of Topliss-reactive ketones (excluding diaryl/α,β-unsaturated/α-hetero) is 2. The molecule has 0 spiro atoms. The van der Waals surface area contributed by atoms with Gasteiger partial charge in [0.15, 0.2) is 17.3 Å². The first-order valence-electron chi connectivity index (χ1n) is 15.9. The Bertz CT molecular complexity index is 1250.